The lowest BCUT2D eigenvalue weighted by Gasteiger charge is -2.37. The lowest BCUT2D eigenvalue weighted by Crippen LogP contribution is -2.41. The summed E-state index contributed by atoms with van der Waals surface area (Å²) >= 11 is 5.86. The van der Waals surface area contributed by atoms with E-state index in [-0.39, 0.29) is 12.5 Å². The predicted molar refractivity (Wildman–Crippen MR) is 87.0 cm³/mol. The van der Waals surface area contributed by atoms with Gasteiger partial charge in [-0.15, -0.1) is 0 Å². The summed E-state index contributed by atoms with van der Waals surface area (Å²) in [4.78, 5) is 2.50. The van der Waals surface area contributed by atoms with Crippen molar-refractivity contribution in [3.05, 3.63) is 29.3 Å². The lowest BCUT2D eigenvalue weighted by atomic mass is 9.85. The quantitative estimate of drug-likeness (QED) is 0.873. The van der Waals surface area contributed by atoms with Crippen molar-refractivity contribution in [1.29, 1.82) is 0 Å². The first kappa shape index (κ1) is 16.6. The average molecular weight is 312 g/mol. The summed E-state index contributed by atoms with van der Waals surface area (Å²) in [7, 11) is 0. The SMILES string of the molecule is CC(C)N1CCC(C(CO)COc2ccc(Cl)cc2)CC1. The molecule has 0 bridgehead atoms. The normalized spacial score (nSPS) is 18.9. The molecule has 118 valence electrons. The minimum absolute atomic E-state index is 0.194. The predicted octanol–water partition coefficient (Wildman–Crippen LogP) is 3.45. The van der Waals surface area contributed by atoms with Crippen molar-refractivity contribution in [3.63, 3.8) is 0 Å². The second kappa shape index (κ2) is 8.02. The van der Waals surface area contributed by atoms with Crippen molar-refractivity contribution in [2.75, 3.05) is 26.3 Å². The lowest BCUT2D eigenvalue weighted by molar-refractivity contribution is 0.0648. The molecule has 1 N–H and O–H groups in total. The third kappa shape index (κ3) is 4.87. The summed E-state index contributed by atoms with van der Waals surface area (Å²) in [6.45, 7) is 7.50. The molecule has 0 radical (unpaired) electrons. The van der Waals surface area contributed by atoms with E-state index in [1.54, 1.807) is 0 Å². The Hall–Kier alpha value is -0.770. The van der Waals surface area contributed by atoms with Crippen molar-refractivity contribution in [3.8, 4) is 5.75 Å². The molecule has 1 aliphatic rings. The zero-order chi connectivity index (χ0) is 15.2. The molecule has 21 heavy (non-hydrogen) atoms. The molecule has 0 spiro atoms. The van der Waals surface area contributed by atoms with Gasteiger partial charge in [-0.3, -0.25) is 0 Å². The van der Waals surface area contributed by atoms with Crippen molar-refractivity contribution in [2.24, 2.45) is 11.8 Å². The van der Waals surface area contributed by atoms with Gasteiger partial charge in [0.2, 0.25) is 0 Å². The van der Waals surface area contributed by atoms with Crippen molar-refractivity contribution < 1.29 is 9.84 Å². The molecule has 2 rings (SSSR count). The van der Waals surface area contributed by atoms with E-state index in [0.717, 1.165) is 31.7 Å². The van der Waals surface area contributed by atoms with E-state index < -0.39 is 0 Å². The summed E-state index contributed by atoms with van der Waals surface area (Å²) in [6.07, 6.45) is 2.29. The maximum absolute atomic E-state index is 9.66. The molecule has 1 aliphatic heterocycles. The average Bonchev–Trinajstić information content (AvgIpc) is 2.50. The van der Waals surface area contributed by atoms with Gasteiger partial charge in [0.05, 0.1) is 6.61 Å². The van der Waals surface area contributed by atoms with Crippen LogP contribution in [0, 0.1) is 11.8 Å². The van der Waals surface area contributed by atoms with Crippen LogP contribution in [0.25, 0.3) is 0 Å². The highest BCUT2D eigenvalue weighted by Crippen LogP contribution is 2.27. The number of halogens is 1. The fourth-order valence-electron chi connectivity index (χ4n) is 2.98. The van der Waals surface area contributed by atoms with E-state index in [1.165, 1.54) is 0 Å². The molecule has 0 aliphatic carbocycles. The molecule has 1 aromatic carbocycles. The Morgan fingerprint density at radius 1 is 1.24 bits per heavy atom. The number of hydrogen-bond acceptors (Lipinski definition) is 3. The van der Waals surface area contributed by atoms with Gasteiger partial charge in [0.15, 0.2) is 0 Å². The minimum atomic E-state index is 0.194. The van der Waals surface area contributed by atoms with Gasteiger partial charge in [0, 0.05) is 23.6 Å². The van der Waals surface area contributed by atoms with Crippen LogP contribution in [0.3, 0.4) is 0 Å². The van der Waals surface area contributed by atoms with Crippen LogP contribution in [0.2, 0.25) is 5.02 Å². The van der Waals surface area contributed by atoms with E-state index in [0.29, 0.717) is 23.6 Å². The Morgan fingerprint density at radius 2 is 1.86 bits per heavy atom. The zero-order valence-electron chi connectivity index (χ0n) is 13.0. The fraction of sp³-hybridized carbons (Fsp3) is 0.647. The molecule has 1 atom stereocenters. The fourth-order valence-corrected chi connectivity index (χ4v) is 3.11. The third-order valence-corrected chi connectivity index (χ3v) is 4.74. The number of piperidine rings is 1. The molecule has 1 saturated heterocycles. The van der Waals surface area contributed by atoms with Crippen molar-refractivity contribution in [1.82, 2.24) is 4.90 Å². The number of aliphatic hydroxyl groups excluding tert-OH is 1. The molecule has 4 heteroatoms. The highest BCUT2D eigenvalue weighted by molar-refractivity contribution is 6.30. The van der Waals surface area contributed by atoms with Crippen molar-refractivity contribution >= 4 is 11.6 Å². The second-order valence-electron chi connectivity index (χ2n) is 6.17. The van der Waals surface area contributed by atoms with E-state index in [1.807, 2.05) is 24.3 Å². The molecule has 1 unspecified atom stereocenters. The number of aliphatic hydroxyl groups is 1. The molecule has 0 aromatic heterocycles. The first-order valence-electron chi connectivity index (χ1n) is 7.83. The van der Waals surface area contributed by atoms with Gasteiger partial charge in [-0.2, -0.15) is 0 Å². The van der Waals surface area contributed by atoms with Crippen LogP contribution >= 0.6 is 11.6 Å². The Morgan fingerprint density at radius 3 is 2.38 bits per heavy atom. The topological polar surface area (TPSA) is 32.7 Å². The van der Waals surface area contributed by atoms with Gasteiger partial charge >= 0.3 is 0 Å². The number of nitrogens with zero attached hydrogens (tertiary/aromatic N) is 1. The Kier molecular flexibility index (Phi) is 6.34. The van der Waals surface area contributed by atoms with Gasteiger partial charge in [-0.1, -0.05) is 11.6 Å². The highest BCUT2D eigenvalue weighted by Gasteiger charge is 2.27. The van der Waals surface area contributed by atoms with Gasteiger partial charge in [0.25, 0.3) is 0 Å². The molecule has 0 saturated carbocycles. The van der Waals surface area contributed by atoms with E-state index >= 15 is 0 Å². The third-order valence-electron chi connectivity index (χ3n) is 4.48. The van der Waals surface area contributed by atoms with Crippen LogP contribution in [0.5, 0.6) is 5.75 Å². The smallest absolute Gasteiger partial charge is 0.119 e. The van der Waals surface area contributed by atoms with Gasteiger partial charge in [-0.25, -0.2) is 0 Å². The zero-order valence-corrected chi connectivity index (χ0v) is 13.7. The number of ether oxygens (including phenoxy) is 1. The highest BCUT2D eigenvalue weighted by atomic mass is 35.5. The molecular formula is C17H26ClNO2. The molecule has 1 heterocycles. The molecule has 3 nitrogen and oxygen atoms in total. The maximum atomic E-state index is 9.66. The van der Waals surface area contributed by atoms with E-state index in [4.69, 9.17) is 16.3 Å². The van der Waals surface area contributed by atoms with Crippen LogP contribution in [0.1, 0.15) is 26.7 Å². The maximum Gasteiger partial charge on any atom is 0.119 e. The molecule has 1 fully saturated rings. The van der Waals surface area contributed by atoms with Gasteiger partial charge < -0.3 is 14.7 Å². The number of rotatable bonds is 6. The molecular weight excluding hydrogens is 286 g/mol. The van der Waals surface area contributed by atoms with E-state index in [2.05, 4.69) is 18.7 Å². The first-order valence-corrected chi connectivity index (χ1v) is 8.21. The molecule has 0 amide bonds. The number of likely N-dealkylation sites (tertiary alicyclic amines) is 1. The van der Waals surface area contributed by atoms with Crippen LogP contribution < -0.4 is 4.74 Å². The molecule has 1 aromatic rings. The van der Waals surface area contributed by atoms with Gasteiger partial charge in [0.1, 0.15) is 5.75 Å². The summed E-state index contributed by atoms with van der Waals surface area (Å²) in [5.74, 6) is 1.59. The second-order valence-corrected chi connectivity index (χ2v) is 6.61. The largest absolute Gasteiger partial charge is 0.493 e. The Labute approximate surface area is 132 Å². The van der Waals surface area contributed by atoms with Crippen LogP contribution in [-0.4, -0.2) is 42.4 Å². The summed E-state index contributed by atoms with van der Waals surface area (Å²) in [5.41, 5.74) is 0. The Balaban J connectivity index is 1.82. The van der Waals surface area contributed by atoms with Crippen LogP contribution in [0.15, 0.2) is 24.3 Å². The van der Waals surface area contributed by atoms with Crippen LogP contribution in [0.4, 0.5) is 0 Å². The summed E-state index contributed by atoms with van der Waals surface area (Å²) in [5, 5.41) is 10.4. The van der Waals surface area contributed by atoms with Crippen LogP contribution in [-0.2, 0) is 0 Å². The number of hydrogen-bond donors (Lipinski definition) is 1. The van der Waals surface area contributed by atoms with E-state index in [9.17, 15) is 5.11 Å². The monoisotopic (exact) mass is 311 g/mol. The summed E-state index contributed by atoms with van der Waals surface area (Å²) in [6, 6.07) is 8.01. The van der Waals surface area contributed by atoms with Crippen molar-refractivity contribution in [2.45, 2.75) is 32.7 Å². The summed E-state index contributed by atoms with van der Waals surface area (Å²) < 4.78 is 5.81. The Bertz CT molecular complexity index is 413. The minimum Gasteiger partial charge on any atom is -0.493 e. The van der Waals surface area contributed by atoms with Gasteiger partial charge in [-0.05, 0) is 70.0 Å². The first-order chi connectivity index (χ1) is 10.1. The standard InChI is InChI=1S/C17H26ClNO2/c1-13(2)19-9-7-14(8-10-19)15(11-20)12-21-17-5-3-16(18)4-6-17/h3-6,13-15,20H,7-12H2,1-2H3. The number of benzene rings is 1.